The van der Waals surface area contributed by atoms with E-state index in [1.54, 1.807) is 33.8 Å². The average Bonchev–Trinajstić information content (AvgIpc) is 3.61. The van der Waals surface area contributed by atoms with E-state index in [2.05, 4.69) is 30.5 Å². The number of aromatic nitrogens is 5. The van der Waals surface area contributed by atoms with Crippen molar-refractivity contribution in [3.8, 4) is 0 Å². The molecule has 1 fully saturated rings. The topological polar surface area (TPSA) is 260 Å². The number of nitrogens with one attached hydrogen (secondary N) is 1. The third-order valence-corrected chi connectivity index (χ3v) is 9.39. The van der Waals surface area contributed by atoms with Crippen LogP contribution in [0, 0.1) is 6.92 Å². The van der Waals surface area contributed by atoms with Gasteiger partial charge in [0.15, 0.2) is 10.8 Å². The molecule has 1 saturated heterocycles. The fourth-order valence-corrected chi connectivity index (χ4v) is 7.53. The van der Waals surface area contributed by atoms with Gasteiger partial charge in [0.25, 0.3) is 23.5 Å². The molecule has 3 aromatic rings. The van der Waals surface area contributed by atoms with Gasteiger partial charge in [0.05, 0.1) is 0 Å². The van der Waals surface area contributed by atoms with Crippen LogP contribution in [0.5, 0.6) is 0 Å². The smallest absolute Gasteiger partial charge is 0.352 e. The second kappa shape index (κ2) is 14.8. The summed E-state index contributed by atoms with van der Waals surface area (Å²) in [7, 11) is 0. The number of ether oxygens (including phenoxy) is 1. The van der Waals surface area contributed by atoms with Crippen LogP contribution in [0.15, 0.2) is 32.9 Å². The number of hydrogen-bond donors (Lipinski definition) is 4. The molecule has 0 saturated carbocycles. The summed E-state index contributed by atoms with van der Waals surface area (Å²) in [6, 6.07) is 0.608. The first kappa shape index (κ1) is 37.1. The van der Waals surface area contributed by atoms with Gasteiger partial charge in [-0.3, -0.25) is 19.3 Å². The first-order valence-corrected chi connectivity index (χ1v) is 16.6. The normalized spacial score (nSPS) is 17.7. The molecule has 3 aromatic heterocycles. The van der Waals surface area contributed by atoms with E-state index in [0.29, 0.717) is 16.3 Å². The van der Waals surface area contributed by atoms with Gasteiger partial charge in [-0.1, -0.05) is 5.16 Å². The van der Waals surface area contributed by atoms with Gasteiger partial charge in [0.1, 0.15) is 33.4 Å². The van der Waals surface area contributed by atoms with Gasteiger partial charge in [-0.2, -0.15) is 9.50 Å². The number of nitrogen functional groups attached to an aromatic ring is 1. The Hall–Kier alpha value is -3.76. The molecule has 2 atom stereocenters. The zero-order chi connectivity index (χ0) is 34.2. The van der Waals surface area contributed by atoms with Crippen molar-refractivity contribution in [2.24, 2.45) is 10.9 Å². The molecule has 22 heteroatoms. The largest absolute Gasteiger partial charge is 0.477 e. The van der Waals surface area contributed by atoms with Gasteiger partial charge in [-0.15, -0.1) is 40.0 Å². The minimum atomic E-state index is -1.31. The molecule has 0 aliphatic carbocycles. The fraction of sp³-hybridized carbons (Fsp3) is 0.385. The number of fused-ring (bicyclic) bond motifs is 2. The number of carboxylic acid groups (broad SMARTS) is 1. The summed E-state index contributed by atoms with van der Waals surface area (Å²) >= 11 is 3.53. The number of thiazole rings is 1. The molecule has 6 N–H and O–H groups in total. The van der Waals surface area contributed by atoms with Crippen molar-refractivity contribution in [1.82, 2.24) is 34.8 Å². The number of β-lactam (4-membered cyclic amide) rings is 1. The molecule has 18 nitrogen and oxygen atoms in total. The minimum absolute atomic E-state index is 0. The quantitative estimate of drug-likeness (QED) is 0.0379. The minimum Gasteiger partial charge on any atom is -0.477 e. The van der Waals surface area contributed by atoms with Crippen LogP contribution in [0.2, 0.25) is 0 Å². The molecule has 5 heterocycles. The maximum absolute atomic E-state index is 13.3. The summed E-state index contributed by atoms with van der Waals surface area (Å²) in [5.41, 5.74) is 10.8. The van der Waals surface area contributed by atoms with Crippen molar-refractivity contribution in [3.05, 3.63) is 39.9 Å². The number of aryl methyl sites for hydroxylation is 1. The number of esters is 1. The summed E-state index contributed by atoms with van der Waals surface area (Å²) in [5.74, 6) is -4.02. The first-order valence-electron chi connectivity index (χ1n) is 13.6. The van der Waals surface area contributed by atoms with E-state index in [4.69, 9.17) is 21.0 Å². The van der Waals surface area contributed by atoms with E-state index in [9.17, 15) is 29.1 Å². The van der Waals surface area contributed by atoms with Crippen LogP contribution in [-0.4, -0.2) is 135 Å². The Morgan fingerprint density at radius 3 is 2.58 bits per heavy atom. The van der Waals surface area contributed by atoms with E-state index in [0.717, 1.165) is 16.2 Å². The van der Waals surface area contributed by atoms with Gasteiger partial charge in [0.2, 0.25) is 12.4 Å². The summed E-state index contributed by atoms with van der Waals surface area (Å²) in [6.45, 7) is 6.18. The molecule has 2 aliphatic heterocycles. The number of rotatable bonds is 11. The maximum atomic E-state index is 13.3. The molecule has 3 amide bonds. The second-order valence-corrected chi connectivity index (χ2v) is 14.0. The molecule has 0 bridgehead atoms. The Morgan fingerprint density at radius 1 is 1.23 bits per heavy atom. The van der Waals surface area contributed by atoms with E-state index in [1.165, 1.54) is 33.4 Å². The second-order valence-electron chi connectivity index (χ2n) is 11.0. The van der Waals surface area contributed by atoms with Crippen molar-refractivity contribution in [1.29, 1.82) is 0 Å². The first-order chi connectivity index (χ1) is 22.1. The molecule has 1 radical (unpaired) electrons. The van der Waals surface area contributed by atoms with Gasteiger partial charge in [0, 0.05) is 52.1 Å². The molecule has 48 heavy (non-hydrogen) atoms. The zero-order valence-corrected chi connectivity index (χ0v) is 30.7. The predicted octanol–water partition coefficient (Wildman–Crippen LogP) is -0.217. The molecule has 249 valence electrons. The van der Waals surface area contributed by atoms with E-state index < -0.39 is 53.3 Å². The maximum Gasteiger partial charge on any atom is 0.352 e. The number of aliphatic carboxylic acids is 1. The molecule has 5 rings (SSSR count). The monoisotopic (exact) mass is 727 g/mol. The Kier molecular flexibility index (Phi) is 11.4. The zero-order valence-electron chi connectivity index (χ0n) is 26.2. The number of hydrogen-bond acceptors (Lipinski definition) is 16. The van der Waals surface area contributed by atoms with Gasteiger partial charge >= 0.3 is 11.9 Å². The standard InChI is InChI=1S/C26H28N10O8S3.Na/c1-10-5-13(36-25(29-10)32-19(33-36)18(27)38)45-7-11-8-46-22-16(21(40)35(22)17(11)23(41)42)31-20(39)15(12-9-47-24(28)30-12)34-43-6-14(37)44-26(2,3)4;/h5,9,16,22H,6-8H2,1-4H3,(H2,27,38)(H2,28,30)(H,31,39)(H,41,42);/t16-,22-;/m1./s1. The fourth-order valence-electron chi connectivity index (χ4n) is 4.45. The Bertz CT molecular complexity index is 1870. The number of anilines is 1. The number of carboxylic acids is 1. The number of thioether (sulfide) groups is 2. The molecule has 2 aliphatic rings. The predicted molar refractivity (Wildman–Crippen MR) is 175 cm³/mol. The van der Waals surface area contributed by atoms with Gasteiger partial charge in [-0.05, 0) is 39.3 Å². The van der Waals surface area contributed by atoms with E-state index >= 15 is 0 Å². The number of nitrogens with zero attached hydrogens (tertiary/aromatic N) is 7. The molecule has 0 unspecified atom stereocenters. The van der Waals surface area contributed by atoms with Crippen LogP contribution >= 0.6 is 34.9 Å². The molecule has 0 aromatic carbocycles. The van der Waals surface area contributed by atoms with Crippen LogP contribution in [0.3, 0.4) is 0 Å². The summed E-state index contributed by atoms with van der Waals surface area (Å²) in [4.78, 5) is 81.2. The van der Waals surface area contributed by atoms with E-state index in [1.807, 2.05) is 0 Å². The number of amides is 3. The summed E-state index contributed by atoms with van der Waals surface area (Å²) in [6.07, 6.45) is 0. The van der Waals surface area contributed by atoms with Crippen LogP contribution in [0.4, 0.5) is 5.13 Å². The molecular formula is C26H28N10NaO8S3. The Morgan fingerprint density at radius 2 is 1.96 bits per heavy atom. The molecular weight excluding hydrogens is 700 g/mol. The van der Waals surface area contributed by atoms with E-state index in [-0.39, 0.29) is 74.9 Å². The van der Waals surface area contributed by atoms with Gasteiger partial charge in [-0.25, -0.2) is 19.6 Å². The Balaban J connectivity index is 0.00000520. The third kappa shape index (κ3) is 8.09. The number of carbonyl (C=O) groups is 5. The summed E-state index contributed by atoms with van der Waals surface area (Å²) < 4.78 is 6.51. The van der Waals surface area contributed by atoms with Crippen molar-refractivity contribution in [2.45, 2.75) is 49.7 Å². The number of nitrogens with two attached hydrogens (primary N) is 2. The third-order valence-electron chi connectivity index (χ3n) is 6.30. The van der Waals surface area contributed by atoms with Crippen LogP contribution in [0.1, 0.15) is 42.8 Å². The summed E-state index contributed by atoms with van der Waals surface area (Å²) in [5, 5.41) is 22.0. The van der Waals surface area contributed by atoms with Crippen LogP contribution in [-0.2, 0) is 28.8 Å². The Labute approximate surface area is 306 Å². The van der Waals surface area contributed by atoms with Crippen LogP contribution < -0.4 is 16.8 Å². The van der Waals surface area contributed by atoms with Gasteiger partial charge < -0.3 is 31.5 Å². The van der Waals surface area contributed by atoms with Crippen molar-refractivity contribution < 1.29 is 38.7 Å². The SMILES string of the molecule is Cc1cc(SCC2=C(C(=O)O)N3C(=O)[C@@H](NC(=O)C(=NOCC(=O)OC(C)(C)C)c4csc(N)n4)[C@H]3SC2)n2nc(C(N)=O)nc2n1.[Na]. The number of oxime groups is 1. The van der Waals surface area contributed by atoms with Crippen LogP contribution in [0.25, 0.3) is 5.78 Å². The average molecular weight is 728 g/mol. The number of carbonyl (C=O) groups excluding carboxylic acids is 4. The number of primary amides is 1. The van der Waals surface area contributed by atoms with Crippen molar-refractivity contribution in [2.75, 3.05) is 23.8 Å². The molecule has 0 spiro atoms. The van der Waals surface area contributed by atoms with Crippen molar-refractivity contribution >= 4 is 111 Å². The van der Waals surface area contributed by atoms with Crippen molar-refractivity contribution in [3.63, 3.8) is 0 Å².